The molecule has 3 rings (SSSR count). The highest BCUT2D eigenvalue weighted by atomic mass is 16.2. The summed E-state index contributed by atoms with van der Waals surface area (Å²) in [4.78, 5) is 13.8. The zero-order valence-corrected chi connectivity index (χ0v) is 10.7. The Hall–Kier alpha value is -1.89. The van der Waals surface area contributed by atoms with Crippen LogP contribution >= 0.6 is 0 Å². The summed E-state index contributed by atoms with van der Waals surface area (Å²) in [6.45, 7) is 2.67. The summed E-state index contributed by atoms with van der Waals surface area (Å²) in [5, 5.41) is 10.6. The van der Waals surface area contributed by atoms with Crippen molar-refractivity contribution in [2.45, 2.75) is 19.3 Å². The Labute approximate surface area is 110 Å². The van der Waals surface area contributed by atoms with Crippen molar-refractivity contribution in [2.75, 3.05) is 24.5 Å². The number of aromatic nitrogens is 4. The number of nitrogens with one attached hydrogen (secondary N) is 1. The second-order valence-corrected chi connectivity index (χ2v) is 5.02. The molecule has 0 amide bonds. The van der Waals surface area contributed by atoms with E-state index in [0.717, 1.165) is 38.3 Å². The molecular weight excluding hydrogens is 244 g/mol. The van der Waals surface area contributed by atoms with E-state index in [4.69, 9.17) is 5.73 Å². The van der Waals surface area contributed by atoms with Crippen molar-refractivity contribution in [3.8, 4) is 0 Å². The van der Waals surface area contributed by atoms with Crippen molar-refractivity contribution >= 4 is 11.5 Å². The van der Waals surface area contributed by atoms with Gasteiger partial charge in [0.1, 0.15) is 5.82 Å². The third-order valence-corrected chi connectivity index (χ3v) is 3.68. The molecule has 0 bridgehead atoms. The van der Waals surface area contributed by atoms with Gasteiger partial charge in [0.2, 0.25) is 0 Å². The Morgan fingerprint density at radius 2 is 2.37 bits per heavy atom. The highest BCUT2D eigenvalue weighted by Gasteiger charge is 2.20. The average Bonchev–Trinajstić information content (AvgIpc) is 2.81. The van der Waals surface area contributed by atoms with Crippen LogP contribution in [0.4, 0.5) is 5.82 Å². The fourth-order valence-electron chi connectivity index (χ4n) is 2.71. The molecule has 1 aliphatic heterocycles. The maximum atomic E-state index is 11.5. The van der Waals surface area contributed by atoms with E-state index in [9.17, 15) is 4.79 Å². The summed E-state index contributed by atoms with van der Waals surface area (Å²) in [6, 6.07) is 3.73. The molecule has 7 heteroatoms. The Balaban J connectivity index is 1.86. The fraction of sp³-hybridized carbons (Fsp3) is 0.583. The van der Waals surface area contributed by atoms with Gasteiger partial charge in [0, 0.05) is 13.1 Å². The van der Waals surface area contributed by atoms with E-state index >= 15 is 0 Å². The monoisotopic (exact) mass is 262 g/mol. The van der Waals surface area contributed by atoms with Crippen molar-refractivity contribution in [3.05, 3.63) is 22.6 Å². The molecule has 19 heavy (non-hydrogen) atoms. The van der Waals surface area contributed by atoms with Crippen LogP contribution < -0.4 is 16.3 Å². The van der Waals surface area contributed by atoms with E-state index in [0.29, 0.717) is 11.6 Å². The highest BCUT2D eigenvalue weighted by molar-refractivity contribution is 5.45. The van der Waals surface area contributed by atoms with Crippen molar-refractivity contribution in [3.63, 3.8) is 0 Å². The van der Waals surface area contributed by atoms with Gasteiger partial charge < -0.3 is 10.6 Å². The van der Waals surface area contributed by atoms with Crippen LogP contribution in [0, 0.1) is 5.92 Å². The summed E-state index contributed by atoms with van der Waals surface area (Å²) in [6.07, 6.45) is 3.41. The number of nitrogens with two attached hydrogens (primary N) is 1. The van der Waals surface area contributed by atoms with Crippen LogP contribution in [0.1, 0.15) is 19.3 Å². The molecule has 1 saturated heterocycles. The first-order chi connectivity index (χ1) is 9.28. The van der Waals surface area contributed by atoms with E-state index in [1.54, 1.807) is 0 Å². The maximum absolute atomic E-state index is 11.5. The number of rotatable bonds is 3. The summed E-state index contributed by atoms with van der Waals surface area (Å²) >= 11 is 0. The summed E-state index contributed by atoms with van der Waals surface area (Å²) in [5.41, 5.74) is 5.88. The molecule has 3 heterocycles. The standard InChI is InChI=1S/C12H18N6O/c13-6-5-9-2-1-7-17(8-9)11-4-3-10-14-15-12(19)18(10)16-11/h3-4,9H,1-2,5-8,13H2,(H,15,19). The summed E-state index contributed by atoms with van der Waals surface area (Å²) in [5.74, 6) is 1.45. The van der Waals surface area contributed by atoms with E-state index in [1.165, 1.54) is 10.9 Å². The van der Waals surface area contributed by atoms with Crippen molar-refractivity contribution in [2.24, 2.45) is 11.7 Å². The molecule has 0 aromatic carbocycles. The Kier molecular flexibility index (Phi) is 3.20. The van der Waals surface area contributed by atoms with Crippen molar-refractivity contribution in [1.82, 2.24) is 19.8 Å². The minimum absolute atomic E-state index is 0.299. The summed E-state index contributed by atoms with van der Waals surface area (Å²) < 4.78 is 1.31. The molecule has 2 aromatic heterocycles. The van der Waals surface area contributed by atoms with Gasteiger partial charge in [0.25, 0.3) is 0 Å². The van der Waals surface area contributed by atoms with Crippen LogP contribution in [0.5, 0.6) is 0 Å². The molecule has 7 nitrogen and oxygen atoms in total. The lowest BCUT2D eigenvalue weighted by Crippen LogP contribution is -2.37. The van der Waals surface area contributed by atoms with Gasteiger partial charge in [-0.1, -0.05) is 0 Å². The normalized spacial score (nSPS) is 20.1. The van der Waals surface area contributed by atoms with E-state index < -0.39 is 0 Å². The minimum Gasteiger partial charge on any atom is -0.355 e. The maximum Gasteiger partial charge on any atom is 0.364 e. The van der Waals surface area contributed by atoms with Gasteiger partial charge in [-0.2, -0.15) is 9.61 Å². The van der Waals surface area contributed by atoms with Gasteiger partial charge in [0.05, 0.1) is 0 Å². The molecule has 1 atom stereocenters. The third kappa shape index (κ3) is 2.33. The predicted octanol–water partition coefficient (Wildman–Crippen LogP) is -0.0172. The van der Waals surface area contributed by atoms with Crippen LogP contribution in [0.25, 0.3) is 5.65 Å². The van der Waals surface area contributed by atoms with Crippen molar-refractivity contribution in [1.29, 1.82) is 0 Å². The SMILES string of the molecule is NCCC1CCCN(c2ccc3n[nH]c(=O)n3n2)C1. The molecule has 2 aromatic rings. The molecule has 0 spiro atoms. The summed E-state index contributed by atoms with van der Waals surface area (Å²) in [7, 11) is 0. The molecule has 0 aliphatic carbocycles. The lowest BCUT2D eigenvalue weighted by molar-refractivity contribution is 0.393. The van der Waals surface area contributed by atoms with Gasteiger partial charge in [-0.3, -0.25) is 0 Å². The number of piperidine rings is 1. The van der Waals surface area contributed by atoms with Gasteiger partial charge in [-0.15, -0.1) is 5.10 Å². The van der Waals surface area contributed by atoms with Crippen molar-refractivity contribution < 1.29 is 0 Å². The number of aromatic amines is 1. The number of hydrogen-bond acceptors (Lipinski definition) is 5. The van der Waals surface area contributed by atoms with E-state index in [-0.39, 0.29) is 5.69 Å². The molecule has 1 fully saturated rings. The zero-order valence-electron chi connectivity index (χ0n) is 10.7. The van der Waals surface area contributed by atoms with Crippen LogP contribution in [-0.4, -0.2) is 39.4 Å². The lowest BCUT2D eigenvalue weighted by Gasteiger charge is -2.33. The van der Waals surface area contributed by atoms with E-state index in [2.05, 4.69) is 20.2 Å². The number of anilines is 1. The van der Waals surface area contributed by atoms with Gasteiger partial charge in [0.15, 0.2) is 5.65 Å². The molecule has 0 radical (unpaired) electrons. The number of H-pyrrole nitrogens is 1. The topological polar surface area (TPSA) is 92.3 Å². The molecule has 1 unspecified atom stereocenters. The Morgan fingerprint density at radius 3 is 3.21 bits per heavy atom. The fourth-order valence-corrected chi connectivity index (χ4v) is 2.71. The number of nitrogens with zero attached hydrogens (tertiary/aromatic N) is 4. The smallest absolute Gasteiger partial charge is 0.355 e. The Morgan fingerprint density at radius 1 is 1.47 bits per heavy atom. The second-order valence-electron chi connectivity index (χ2n) is 5.02. The van der Waals surface area contributed by atoms with Crippen LogP contribution in [0.2, 0.25) is 0 Å². The average molecular weight is 262 g/mol. The largest absolute Gasteiger partial charge is 0.364 e. The van der Waals surface area contributed by atoms with Crippen LogP contribution in [0.15, 0.2) is 16.9 Å². The van der Waals surface area contributed by atoms with Crippen LogP contribution in [0.3, 0.4) is 0 Å². The molecular formula is C12H18N6O. The Bertz CT molecular complexity index is 616. The van der Waals surface area contributed by atoms with Gasteiger partial charge in [-0.25, -0.2) is 9.89 Å². The van der Waals surface area contributed by atoms with Crippen LogP contribution in [-0.2, 0) is 0 Å². The predicted molar refractivity (Wildman–Crippen MR) is 72.2 cm³/mol. The first kappa shape index (κ1) is 12.2. The number of hydrogen-bond donors (Lipinski definition) is 2. The van der Waals surface area contributed by atoms with E-state index in [1.807, 2.05) is 12.1 Å². The molecule has 3 N–H and O–H groups in total. The number of fused-ring (bicyclic) bond motifs is 1. The first-order valence-corrected chi connectivity index (χ1v) is 6.67. The quantitative estimate of drug-likeness (QED) is 0.811. The molecule has 0 saturated carbocycles. The third-order valence-electron chi connectivity index (χ3n) is 3.68. The highest BCUT2D eigenvalue weighted by Crippen LogP contribution is 2.23. The molecule has 1 aliphatic rings. The second kappa shape index (κ2) is 5.00. The lowest BCUT2D eigenvalue weighted by atomic mass is 9.95. The van der Waals surface area contributed by atoms with Gasteiger partial charge >= 0.3 is 5.69 Å². The minimum atomic E-state index is -0.299. The van der Waals surface area contributed by atoms with Gasteiger partial charge in [-0.05, 0) is 43.9 Å². The first-order valence-electron chi connectivity index (χ1n) is 6.67. The molecule has 102 valence electrons. The zero-order chi connectivity index (χ0) is 13.2.